The second-order valence-electron chi connectivity index (χ2n) is 6.29. The van der Waals surface area contributed by atoms with Gasteiger partial charge in [0.1, 0.15) is 5.75 Å². The molecule has 0 fully saturated rings. The molecule has 2 amide bonds. The Morgan fingerprint density at radius 3 is 2.34 bits per heavy atom. The van der Waals surface area contributed by atoms with Gasteiger partial charge in [-0.25, -0.2) is 4.79 Å². The maximum absolute atomic E-state index is 12.4. The Morgan fingerprint density at radius 1 is 1.00 bits per heavy atom. The Labute approximate surface area is 170 Å². The molecule has 0 aliphatic heterocycles. The van der Waals surface area contributed by atoms with Crippen LogP contribution in [0.5, 0.6) is 5.75 Å². The molecule has 2 aromatic carbocycles. The number of nitrogens with zero attached hydrogens (tertiary/aromatic N) is 1. The predicted octanol–water partition coefficient (Wildman–Crippen LogP) is 3.12. The van der Waals surface area contributed by atoms with Crippen LogP contribution in [0.1, 0.15) is 31.1 Å². The second kappa shape index (κ2) is 10.8. The molecule has 1 N–H and O–H groups in total. The molecule has 7 nitrogen and oxygen atoms in total. The zero-order valence-corrected chi connectivity index (χ0v) is 16.9. The van der Waals surface area contributed by atoms with Crippen LogP contribution >= 0.6 is 0 Å². The molecule has 2 rings (SSSR count). The number of benzene rings is 2. The van der Waals surface area contributed by atoms with Crippen LogP contribution in [-0.4, -0.2) is 48.5 Å². The first kappa shape index (κ1) is 21.9. The van der Waals surface area contributed by atoms with Gasteiger partial charge in [-0.3, -0.25) is 9.59 Å². The minimum absolute atomic E-state index is 0.107. The number of hydrogen-bond acceptors (Lipinski definition) is 5. The summed E-state index contributed by atoms with van der Waals surface area (Å²) in [7, 11) is 0. The molecule has 0 bridgehead atoms. The molecule has 0 saturated carbocycles. The molecule has 0 aliphatic carbocycles. The minimum Gasteiger partial charge on any atom is -0.479 e. The highest BCUT2D eigenvalue weighted by Crippen LogP contribution is 2.14. The molecule has 0 saturated heterocycles. The summed E-state index contributed by atoms with van der Waals surface area (Å²) in [6.45, 7) is 6.12. The average Bonchev–Trinajstić information content (AvgIpc) is 2.73. The lowest BCUT2D eigenvalue weighted by Gasteiger charge is -2.19. The highest BCUT2D eigenvalue weighted by atomic mass is 16.6. The number of rotatable bonds is 9. The van der Waals surface area contributed by atoms with Gasteiger partial charge in [-0.1, -0.05) is 24.3 Å². The molecule has 0 radical (unpaired) electrons. The summed E-state index contributed by atoms with van der Waals surface area (Å²) in [5.41, 5.74) is 0.936. The third kappa shape index (κ3) is 6.64. The zero-order chi connectivity index (χ0) is 21.2. The molecule has 0 heterocycles. The van der Waals surface area contributed by atoms with Crippen molar-refractivity contribution >= 4 is 23.5 Å². The van der Waals surface area contributed by atoms with Crippen LogP contribution in [0, 0.1) is 0 Å². The first-order chi connectivity index (χ1) is 13.9. The number of para-hydroxylation sites is 1. The SMILES string of the molecule is CCN(CC)C(=O)c1cccc(NC(=O)COC(=O)[C@H](C)Oc2ccccc2)c1. The number of anilines is 1. The minimum atomic E-state index is -0.847. The number of hydrogen-bond donors (Lipinski definition) is 1. The third-order valence-corrected chi connectivity index (χ3v) is 4.18. The van der Waals surface area contributed by atoms with Crippen LogP contribution < -0.4 is 10.1 Å². The van der Waals surface area contributed by atoms with E-state index in [9.17, 15) is 14.4 Å². The number of carbonyl (C=O) groups is 3. The van der Waals surface area contributed by atoms with Crippen molar-refractivity contribution in [1.82, 2.24) is 4.90 Å². The summed E-state index contributed by atoms with van der Waals surface area (Å²) in [6, 6.07) is 15.5. The fraction of sp³-hybridized carbons (Fsp3) is 0.318. The molecular formula is C22H26N2O5. The zero-order valence-electron chi connectivity index (χ0n) is 16.9. The van der Waals surface area contributed by atoms with Gasteiger partial charge < -0.3 is 19.7 Å². The molecular weight excluding hydrogens is 372 g/mol. The molecule has 154 valence electrons. The number of carbonyl (C=O) groups excluding carboxylic acids is 3. The summed E-state index contributed by atoms with van der Waals surface area (Å²) >= 11 is 0. The molecule has 0 aliphatic rings. The van der Waals surface area contributed by atoms with Crippen molar-refractivity contribution in [3.63, 3.8) is 0 Å². The van der Waals surface area contributed by atoms with E-state index in [1.54, 1.807) is 60.4 Å². The van der Waals surface area contributed by atoms with Gasteiger partial charge >= 0.3 is 5.97 Å². The van der Waals surface area contributed by atoms with Crippen LogP contribution in [0.4, 0.5) is 5.69 Å². The summed E-state index contributed by atoms with van der Waals surface area (Å²) < 4.78 is 10.5. The van der Waals surface area contributed by atoms with Crippen molar-refractivity contribution < 1.29 is 23.9 Å². The molecule has 0 spiro atoms. The Morgan fingerprint density at radius 2 is 1.69 bits per heavy atom. The standard InChI is InChI=1S/C22H26N2O5/c1-4-24(5-2)21(26)17-10-9-11-18(14-17)23-20(25)15-28-22(27)16(3)29-19-12-7-6-8-13-19/h6-14,16H,4-5,15H2,1-3H3,(H,23,25)/t16-/m0/s1. The lowest BCUT2D eigenvalue weighted by Crippen LogP contribution is -2.31. The molecule has 7 heteroatoms. The third-order valence-electron chi connectivity index (χ3n) is 4.18. The number of ether oxygens (including phenoxy) is 2. The van der Waals surface area contributed by atoms with Gasteiger partial charge in [0, 0.05) is 24.3 Å². The van der Waals surface area contributed by atoms with Gasteiger partial charge in [0.25, 0.3) is 11.8 Å². The van der Waals surface area contributed by atoms with Crippen molar-refractivity contribution in [2.24, 2.45) is 0 Å². The first-order valence-electron chi connectivity index (χ1n) is 9.52. The second-order valence-corrected chi connectivity index (χ2v) is 6.29. The maximum Gasteiger partial charge on any atom is 0.347 e. The van der Waals surface area contributed by atoms with Crippen LogP contribution in [0.2, 0.25) is 0 Å². The summed E-state index contributed by atoms with van der Waals surface area (Å²) in [4.78, 5) is 38.2. The summed E-state index contributed by atoms with van der Waals surface area (Å²) in [5.74, 6) is -0.715. The van der Waals surface area contributed by atoms with E-state index in [2.05, 4.69) is 5.32 Å². The Bertz CT molecular complexity index is 834. The summed E-state index contributed by atoms with van der Waals surface area (Å²) in [5, 5.41) is 2.63. The van der Waals surface area contributed by atoms with E-state index < -0.39 is 24.6 Å². The Kier molecular flexibility index (Phi) is 8.21. The van der Waals surface area contributed by atoms with E-state index in [0.29, 0.717) is 30.1 Å². The predicted molar refractivity (Wildman–Crippen MR) is 110 cm³/mol. The summed E-state index contributed by atoms with van der Waals surface area (Å²) in [6.07, 6.45) is -0.847. The molecule has 0 aromatic heterocycles. The smallest absolute Gasteiger partial charge is 0.347 e. The first-order valence-corrected chi connectivity index (χ1v) is 9.52. The number of amides is 2. The number of esters is 1. The van der Waals surface area contributed by atoms with Gasteiger partial charge in [-0.15, -0.1) is 0 Å². The van der Waals surface area contributed by atoms with Crippen molar-refractivity contribution in [3.8, 4) is 5.75 Å². The molecule has 29 heavy (non-hydrogen) atoms. The van der Waals surface area contributed by atoms with Crippen molar-refractivity contribution in [2.75, 3.05) is 25.0 Å². The van der Waals surface area contributed by atoms with Crippen LogP contribution in [0.3, 0.4) is 0 Å². The van der Waals surface area contributed by atoms with E-state index in [4.69, 9.17) is 9.47 Å². The fourth-order valence-corrected chi connectivity index (χ4v) is 2.63. The average molecular weight is 398 g/mol. The van der Waals surface area contributed by atoms with Crippen molar-refractivity contribution in [2.45, 2.75) is 26.9 Å². The lowest BCUT2D eigenvalue weighted by atomic mass is 10.1. The van der Waals surface area contributed by atoms with E-state index in [0.717, 1.165) is 0 Å². The quantitative estimate of drug-likeness (QED) is 0.656. The van der Waals surface area contributed by atoms with Gasteiger partial charge in [0.15, 0.2) is 12.7 Å². The van der Waals surface area contributed by atoms with Crippen molar-refractivity contribution in [3.05, 3.63) is 60.2 Å². The Balaban J connectivity index is 1.86. The van der Waals surface area contributed by atoms with E-state index >= 15 is 0 Å². The van der Waals surface area contributed by atoms with Crippen LogP contribution in [0.25, 0.3) is 0 Å². The van der Waals surface area contributed by atoms with Gasteiger partial charge in [0.05, 0.1) is 0 Å². The van der Waals surface area contributed by atoms with Crippen LogP contribution in [-0.2, 0) is 14.3 Å². The maximum atomic E-state index is 12.4. The molecule has 1 atom stereocenters. The fourth-order valence-electron chi connectivity index (χ4n) is 2.63. The topological polar surface area (TPSA) is 84.9 Å². The number of nitrogens with one attached hydrogen (secondary N) is 1. The highest BCUT2D eigenvalue weighted by molar-refractivity contribution is 5.97. The van der Waals surface area contributed by atoms with Crippen molar-refractivity contribution in [1.29, 1.82) is 0 Å². The van der Waals surface area contributed by atoms with Crippen LogP contribution in [0.15, 0.2) is 54.6 Å². The largest absolute Gasteiger partial charge is 0.479 e. The normalized spacial score (nSPS) is 11.3. The van der Waals surface area contributed by atoms with E-state index in [1.165, 1.54) is 0 Å². The van der Waals surface area contributed by atoms with Gasteiger partial charge in [-0.05, 0) is 51.1 Å². The van der Waals surface area contributed by atoms with Gasteiger partial charge in [-0.2, -0.15) is 0 Å². The van der Waals surface area contributed by atoms with E-state index in [1.807, 2.05) is 19.9 Å². The highest BCUT2D eigenvalue weighted by Gasteiger charge is 2.18. The monoisotopic (exact) mass is 398 g/mol. The molecule has 2 aromatic rings. The molecule has 0 unspecified atom stereocenters. The Hall–Kier alpha value is -3.35. The van der Waals surface area contributed by atoms with Gasteiger partial charge in [0.2, 0.25) is 0 Å². The lowest BCUT2D eigenvalue weighted by molar-refractivity contribution is -0.153. The van der Waals surface area contributed by atoms with E-state index in [-0.39, 0.29) is 5.91 Å².